The van der Waals surface area contributed by atoms with Gasteiger partial charge < -0.3 is 10.0 Å². The lowest BCUT2D eigenvalue weighted by atomic mass is 10.2. The quantitative estimate of drug-likeness (QED) is 0.855. The van der Waals surface area contributed by atoms with Gasteiger partial charge in [-0.05, 0) is 23.9 Å². The second-order valence-electron chi connectivity index (χ2n) is 4.74. The number of carbonyl (C=O) groups is 3. The van der Waals surface area contributed by atoms with Crippen molar-refractivity contribution in [1.29, 1.82) is 0 Å². The minimum atomic E-state index is -1.18. The third-order valence-electron chi connectivity index (χ3n) is 3.38. The van der Waals surface area contributed by atoms with Crippen LogP contribution < -0.4 is 4.90 Å². The molecule has 0 unspecified atom stereocenters. The molecule has 1 atom stereocenters. The molecule has 1 fully saturated rings. The van der Waals surface area contributed by atoms with Gasteiger partial charge in [0.05, 0.1) is 16.0 Å². The fraction of sp³-hybridized carbons (Fsp3) is 0.214. The minimum absolute atomic E-state index is 0.0777. The molecule has 2 aliphatic heterocycles. The molecule has 0 saturated carbocycles. The zero-order chi connectivity index (χ0) is 15.9. The Morgan fingerprint density at radius 3 is 2.64 bits per heavy atom. The number of thioether (sulfide) groups is 2. The molecule has 2 amide bonds. The highest BCUT2D eigenvalue weighted by Gasteiger charge is 2.49. The van der Waals surface area contributed by atoms with E-state index < -0.39 is 5.97 Å². The molecule has 2 heterocycles. The van der Waals surface area contributed by atoms with E-state index in [1.165, 1.54) is 21.6 Å². The molecule has 1 saturated heterocycles. The van der Waals surface area contributed by atoms with Crippen LogP contribution in [0, 0.1) is 0 Å². The number of para-hydroxylation sites is 1. The number of fused-ring (bicyclic) bond motifs is 1. The summed E-state index contributed by atoms with van der Waals surface area (Å²) in [4.78, 5) is 37.9. The fourth-order valence-electron chi connectivity index (χ4n) is 2.20. The summed E-state index contributed by atoms with van der Waals surface area (Å²) in [6.45, 7) is 0. The molecule has 3 rings (SSSR count). The lowest BCUT2D eigenvalue weighted by molar-refractivity contribution is -0.145. The van der Waals surface area contributed by atoms with Gasteiger partial charge >= 0.3 is 5.97 Å². The summed E-state index contributed by atoms with van der Waals surface area (Å²) in [6.07, 6.45) is 0.314. The Morgan fingerprint density at radius 1 is 1.36 bits per heavy atom. The van der Waals surface area contributed by atoms with Crippen molar-refractivity contribution in [2.24, 2.45) is 0 Å². The van der Waals surface area contributed by atoms with Gasteiger partial charge in [-0.15, -0.1) is 0 Å². The van der Waals surface area contributed by atoms with Crippen molar-refractivity contribution in [2.75, 3.05) is 11.9 Å². The van der Waals surface area contributed by atoms with Crippen molar-refractivity contribution in [1.82, 2.24) is 4.90 Å². The topological polar surface area (TPSA) is 77.9 Å². The Morgan fingerprint density at radius 2 is 2.05 bits per heavy atom. The first-order chi connectivity index (χ1) is 10.5. The summed E-state index contributed by atoms with van der Waals surface area (Å²) in [7, 11) is 1.63. The summed E-state index contributed by atoms with van der Waals surface area (Å²) < 4.78 is 0.371. The van der Waals surface area contributed by atoms with E-state index in [2.05, 4.69) is 0 Å². The zero-order valence-corrected chi connectivity index (χ0v) is 13.2. The molecule has 0 aliphatic carbocycles. The standard InChI is InChI=1S/C14H12N2O4S2/c1-15(8-5-3-2-4-6-8)14(20)22-13-11(12(18)19)16-9(17)7-10(16)21-13/h2-6,10H,7H2,1H3,(H,18,19)/t10-/m0/s1. The third kappa shape index (κ3) is 2.48. The van der Waals surface area contributed by atoms with Crippen LogP contribution in [0.1, 0.15) is 6.42 Å². The molecule has 2 aliphatic rings. The Hall–Kier alpha value is -1.93. The van der Waals surface area contributed by atoms with E-state index in [4.69, 9.17) is 0 Å². The van der Waals surface area contributed by atoms with Crippen LogP contribution in [-0.2, 0) is 9.59 Å². The smallest absolute Gasteiger partial charge is 0.354 e. The number of rotatable bonds is 3. The first-order valence-corrected chi connectivity index (χ1v) is 8.15. The van der Waals surface area contributed by atoms with Crippen LogP contribution >= 0.6 is 23.5 Å². The fourth-order valence-corrected chi connectivity index (χ4v) is 4.72. The summed E-state index contributed by atoms with van der Waals surface area (Å²) >= 11 is 2.11. The van der Waals surface area contributed by atoms with Gasteiger partial charge in [0, 0.05) is 12.7 Å². The molecule has 6 nitrogen and oxygen atoms in total. The second-order valence-corrected chi connectivity index (χ2v) is 7.15. The Kier molecular flexibility index (Phi) is 3.88. The first kappa shape index (κ1) is 15.0. The summed E-state index contributed by atoms with van der Waals surface area (Å²) in [5, 5.41) is 8.81. The maximum Gasteiger partial charge on any atom is 0.354 e. The van der Waals surface area contributed by atoms with E-state index in [-0.39, 0.29) is 22.2 Å². The van der Waals surface area contributed by atoms with Gasteiger partial charge in [-0.2, -0.15) is 0 Å². The monoisotopic (exact) mass is 336 g/mol. The third-order valence-corrected chi connectivity index (χ3v) is 5.81. The van der Waals surface area contributed by atoms with Gasteiger partial charge in [-0.1, -0.05) is 30.0 Å². The number of carbonyl (C=O) groups excluding carboxylic acids is 2. The normalized spacial score (nSPS) is 19.8. The molecule has 114 valence electrons. The Bertz CT molecular complexity index is 689. The van der Waals surface area contributed by atoms with E-state index >= 15 is 0 Å². The minimum Gasteiger partial charge on any atom is -0.477 e. The Balaban J connectivity index is 1.79. The molecule has 0 aromatic heterocycles. The first-order valence-electron chi connectivity index (χ1n) is 6.46. The molecule has 22 heavy (non-hydrogen) atoms. The number of nitrogens with zero attached hydrogens (tertiary/aromatic N) is 2. The van der Waals surface area contributed by atoms with Crippen molar-refractivity contribution in [3.8, 4) is 0 Å². The van der Waals surface area contributed by atoms with Gasteiger partial charge in [0.2, 0.25) is 5.91 Å². The van der Waals surface area contributed by atoms with Crippen LogP contribution in [0.2, 0.25) is 0 Å². The summed E-state index contributed by atoms with van der Waals surface area (Å²) in [5.41, 5.74) is 0.644. The number of hydrogen-bond donors (Lipinski definition) is 1. The Labute approximate surface area is 135 Å². The maximum atomic E-state index is 12.3. The number of aliphatic carboxylic acids is 1. The number of carboxylic acid groups (broad SMARTS) is 1. The van der Waals surface area contributed by atoms with Crippen molar-refractivity contribution in [3.63, 3.8) is 0 Å². The summed E-state index contributed by atoms with van der Waals surface area (Å²) in [5.74, 6) is -1.39. The maximum absolute atomic E-state index is 12.3. The highest BCUT2D eigenvalue weighted by atomic mass is 32.2. The predicted molar refractivity (Wildman–Crippen MR) is 85.3 cm³/mol. The van der Waals surface area contributed by atoms with E-state index in [9.17, 15) is 19.5 Å². The van der Waals surface area contributed by atoms with Crippen LogP contribution in [-0.4, -0.2) is 39.5 Å². The van der Waals surface area contributed by atoms with Crippen LogP contribution in [0.3, 0.4) is 0 Å². The molecule has 0 spiro atoms. The highest BCUT2D eigenvalue weighted by Crippen LogP contribution is 2.50. The van der Waals surface area contributed by atoms with Crippen molar-refractivity contribution in [3.05, 3.63) is 40.3 Å². The number of amides is 2. The molecule has 1 aromatic rings. The van der Waals surface area contributed by atoms with Crippen molar-refractivity contribution in [2.45, 2.75) is 11.8 Å². The van der Waals surface area contributed by atoms with E-state index in [0.29, 0.717) is 10.7 Å². The van der Waals surface area contributed by atoms with Gasteiger partial charge in [-0.3, -0.25) is 14.5 Å². The van der Waals surface area contributed by atoms with Crippen molar-refractivity contribution < 1.29 is 19.5 Å². The van der Waals surface area contributed by atoms with Crippen LogP contribution in [0.25, 0.3) is 0 Å². The van der Waals surface area contributed by atoms with Crippen LogP contribution in [0.4, 0.5) is 10.5 Å². The van der Waals surface area contributed by atoms with Crippen LogP contribution in [0.15, 0.2) is 40.3 Å². The number of β-lactam (4-membered cyclic amide) rings is 1. The number of carboxylic acids is 1. The van der Waals surface area contributed by atoms with Crippen LogP contribution in [0.5, 0.6) is 0 Å². The molecule has 0 radical (unpaired) electrons. The SMILES string of the molecule is CN(C(=O)SC1=C(C(=O)O)N2C(=O)C[C@@H]2S1)c1ccccc1. The molecule has 0 bridgehead atoms. The largest absolute Gasteiger partial charge is 0.477 e. The lowest BCUT2D eigenvalue weighted by Gasteiger charge is -2.33. The number of hydrogen-bond acceptors (Lipinski definition) is 5. The van der Waals surface area contributed by atoms with Gasteiger partial charge in [-0.25, -0.2) is 4.79 Å². The summed E-state index contributed by atoms with van der Waals surface area (Å²) in [6, 6.07) is 9.08. The molecule has 8 heteroatoms. The average molecular weight is 336 g/mol. The molecule has 1 aromatic carbocycles. The van der Waals surface area contributed by atoms with E-state index in [1.54, 1.807) is 19.2 Å². The van der Waals surface area contributed by atoms with Gasteiger partial charge in [0.25, 0.3) is 5.24 Å². The lowest BCUT2D eigenvalue weighted by Crippen LogP contribution is -2.48. The zero-order valence-electron chi connectivity index (χ0n) is 11.6. The predicted octanol–water partition coefficient (Wildman–Crippen LogP) is 2.53. The second kappa shape index (κ2) is 5.69. The van der Waals surface area contributed by atoms with Crippen molar-refractivity contribution >= 4 is 46.3 Å². The van der Waals surface area contributed by atoms with Gasteiger partial charge in [0.15, 0.2) is 5.70 Å². The molecular formula is C14H12N2O4S2. The number of benzene rings is 1. The molecular weight excluding hydrogens is 324 g/mol. The highest BCUT2D eigenvalue weighted by molar-refractivity contribution is 8.30. The molecule has 1 N–H and O–H groups in total. The van der Waals surface area contributed by atoms with Gasteiger partial charge in [0.1, 0.15) is 0 Å². The van der Waals surface area contributed by atoms with E-state index in [0.717, 1.165) is 17.4 Å². The average Bonchev–Trinajstić information content (AvgIpc) is 2.79. The number of anilines is 1. The van der Waals surface area contributed by atoms with E-state index in [1.807, 2.05) is 18.2 Å².